The second-order valence-electron chi connectivity index (χ2n) is 6.52. The smallest absolute Gasteiger partial charge is 0.236 e. The van der Waals surface area contributed by atoms with Crippen LogP contribution in [-0.2, 0) is 4.79 Å². The van der Waals surface area contributed by atoms with Gasteiger partial charge in [-0.2, -0.15) is 0 Å². The fraction of sp³-hybridized carbons (Fsp3) is 0.857. The van der Waals surface area contributed by atoms with E-state index in [-0.39, 0.29) is 17.8 Å². The lowest BCUT2D eigenvalue weighted by Gasteiger charge is -2.48. The molecule has 6 heteroatoms. The minimum absolute atomic E-state index is 0.0607. The van der Waals surface area contributed by atoms with E-state index in [4.69, 9.17) is 10.9 Å². The molecule has 0 bridgehead atoms. The molecule has 2 unspecified atom stereocenters. The number of carbonyl (C=O) groups is 1. The van der Waals surface area contributed by atoms with Crippen molar-refractivity contribution < 1.29 is 10.0 Å². The van der Waals surface area contributed by atoms with Gasteiger partial charge < -0.3 is 15.8 Å². The van der Waals surface area contributed by atoms with Crippen molar-refractivity contribution in [3.8, 4) is 0 Å². The molecule has 0 aromatic heterocycles. The van der Waals surface area contributed by atoms with E-state index >= 15 is 0 Å². The summed E-state index contributed by atoms with van der Waals surface area (Å²) in [5.41, 5.74) is 5.03. The van der Waals surface area contributed by atoms with Crippen molar-refractivity contribution in [2.45, 2.75) is 51.1 Å². The molecule has 2 aliphatic heterocycles. The van der Waals surface area contributed by atoms with Crippen molar-refractivity contribution >= 4 is 11.7 Å². The van der Waals surface area contributed by atoms with Crippen LogP contribution in [0.25, 0.3) is 0 Å². The van der Waals surface area contributed by atoms with Gasteiger partial charge in [0.25, 0.3) is 0 Å². The monoisotopic (exact) mass is 280 g/mol. The van der Waals surface area contributed by atoms with Gasteiger partial charge in [-0.05, 0) is 39.2 Å². The second kappa shape index (κ2) is 4.91. The molecule has 3 rings (SSSR count). The highest BCUT2D eigenvalue weighted by Gasteiger charge is 2.57. The van der Waals surface area contributed by atoms with E-state index in [9.17, 15) is 4.79 Å². The number of rotatable bonds is 2. The number of amidine groups is 1. The molecule has 0 radical (unpaired) electrons. The number of hydrogen-bond acceptors (Lipinski definition) is 4. The average Bonchev–Trinajstić information content (AvgIpc) is 3.26. The van der Waals surface area contributed by atoms with Gasteiger partial charge in [0.15, 0.2) is 5.84 Å². The minimum atomic E-state index is -0.708. The first-order chi connectivity index (χ1) is 9.58. The third-order valence-corrected chi connectivity index (χ3v) is 5.21. The van der Waals surface area contributed by atoms with E-state index in [0.29, 0.717) is 18.9 Å². The SMILES string of the molecule is CC1CN2CCCCC2CN1C(=O)C1(C(N)=NO)CC1. The zero-order chi connectivity index (χ0) is 14.3. The Labute approximate surface area is 119 Å². The molecule has 6 nitrogen and oxygen atoms in total. The maximum atomic E-state index is 12.8. The summed E-state index contributed by atoms with van der Waals surface area (Å²) >= 11 is 0. The normalized spacial score (nSPS) is 33.6. The Hall–Kier alpha value is -1.30. The van der Waals surface area contributed by atoms with Crippen LogP contribution in [0.3, 0.4) is 0 Å². The van der Waals surface area contributed by atoms with Crippen molar-refractivity contribution in [3.63, 3.8) is 0 Å². The number of hydrogen-bond donors (Lipinski definition) is 2. The fourth-order valence-corrected chi connectivity index (χ4v) is 3.71. The number of nitrogens with zero attached hydrogens (tertiary/aromatic N) is 3. The zero-order valence-electron chi connectivity index (χ0n) is 12.1. The molecule has 0 aromatic carbocycles. The summed E-state index contributed by atoms with van der Waals surface area (Å²) in [5, 5.41) is 12.0. The van der Waals surface area contributed by atoms with Gasteiger partial charge in [0, 0.05) is 25.2 Å². The molecule has 20 heavy (non-hydrogen) atoms. The number of piperazine rings is 1. The van der Waals surface area contributed by atoms with E-state index in [1.165, 1.54) is 19.3 Å². The molecule has 3 aliphatic rings. The van der Waals surface area contributed by atoms with Crippen LogP contribution in [0.1, 0.15) is 39.0 Å². The molecule has 3 N–H and O–H groups in total. The summed E-state index contributed by atoms with van der Waals surface area (Å²) in [7, 11) is 0. The van der Waals surface area contributed by atoms with Crippen LogP contribution in [-0.4, -0.2) is 58.5 Å². The molecule has 112 valence electrons. The standard InChI is InChI=1S/C14H24N4O2/c1-10-8-17-7-3-2-4-11(17)9-18(10)13(19)14(5-6-14)12(15)16-20/h10-11,20H,2-9H2,1H3,(H2,15,16). The maximum absolute atomic E-state index is 12.8. The number of piperidine rings is 1. The number of fused-ring (bicyclic) bond motifs is 1. The van der Waals surface area contributed by atoms with Gasteiger partial charge in [-0.25, -0.2) is 0 Å². The Balaban J connectivity index is 1.75. The third-order valence-electron chi connectivity index (χ3n) is 5.21. The Morgan fingerprint density at radius 1 is 1.35 bits per heavy atom. The lowest BCUT2D eigenvalue weighted by Crippen LogP contribution is -2.62. The van der Waals surface area contributed by atoms with E-state index in [0.717, 1.165) is 19.6 Å². The topological polar surface area (TPSA) is 82.2 Å². The van der Waals surface area contributed by atoms with Gasteiger partial charge >= 0.3 is 0 Å². The summed E-state index contributed by atoms with van der Waals surface area (Å²) in [6, 6.07) is 0.702. The van der Waals surface area contributed by atoms with Gasteiger partial charge in [0.05, 0.1) is 0 Å². The van der Waals surface area contributed by atoms with Crippen molar-refractivity contribution in [1.82, 2.24) is 9.80 Å². The summed E-state index contributed by atoms with van der Waals surface area (Å²) in [6.45, 7) is 5.00. The van der Waals surface area contributed by atoms with Crippen LogP contribution >= 0.6 is 0 Å². The second-order valence-corrected chi connectivity index (χ2v) is 6.52. The lowest BCUT2D eigenvalue weighted by atomic mass is 9.94. The number of amides is 1. The van der Waals surface area contributed by atoms with Gasteiger partial charge in [-0.3, -0.25) is 9.69 Å². The van der Waals surface area contributed by atoms with E-state index in [1.807, 2.05) is 4.90 Å². The quantitative estimate of drug-likeness (QED) is 0.336. The maximum Gasteiger partial charge on any atom is 0.236 e. The van der Waals surface area contributed by atoms with Crippen LogP contribution in [0.5, 0.6) is 0 Å². The Morgan fingerprint density at radius 2 is 2.10 bits per heavy atom. The fourth-order valence-electron chi connectivity index (χ4n) is 3.71. The molecule has 1 aliphatic carbocycles. The molecule has 2 atom stereocenters. The summed E-state index contributed by atoms with van der Waals surface area (Å²) in [4.78, 5) is 17.3. The lowest BCUT2D eigenvalue weighted by molar-refractivity contribution is -0.141. The summed E-state index contributed by atoms with van der Waals surface area (Å²) < 4.78 is 0. The van der Waals surface area contributed by atoms with E-state index in [2.05, 4.69) is 17.0 Å². The highest BCUT2D eigenvalue weighted by Crippen LogP contribution is 2.48. The molecule has 2 saturated heterocycles. The Kier molecular flexibility index (Phi) is 3.36. The highest BCUT2D eigenvalue weighted by molar-refractivity contribution is 6.09. The molecule has 1 amide bonds. The largest absolute Gasteiger partial charge is 0.409 e. The van der Waals surface area contributed by atoms with Crippen molar-refractivity contribution in [2.24, 2.45) is 16.3 Å². The van der Waals surface area contributed by atoms with Gasteiger partial charge in [-0.15, -0.1) is 0 Å². The van der Waals surface area contributed by atoms with Gasteiger partial charge in [-0.1, -0.05) is 11.6 Å². The Bertz CT molecular complexity index is 433. The van der Waals surface area contributed by atoms with Crippen LogP contribution < -0.4 is 5.73 Å². The minimum Gasteiger partial charge on any atom is -0.409 e. The molecule has 1 saturated carbocycles. The third kappa shape index (κ3) is 2.06. The van der Waals surface area contributed by atoms with Crippen molar-refractivity contribution in [2.75, 3.05) is 19.6 Å². The molecule has 0 aromatic rings. The predicted molar refractivity (Wildman–Crippen MR) is 75.5 cm³/mol. The first-order valence-electron chi connectivity index (χ1n) is 7.61. The molecule has 3 fully saturated rings. The molecular formula is C14H24N4O2. The van der Waals surface area contributed by atoms with Gasteiger partial charge in [0.1, 0.15) is 5.41 Å². The first kappa shape index (κ1) is 13.7. The van der Waals surface area contributed by atoms with Crippen LogP contribution in [0.2, 0.25) is 0 Å². The molecule has 2 heterocycles. The molecular weight excluding hydrogens is 256 g/mol. The van der Waals surface area contributed by atoms with Crippen LogP contribution in [0.15, 0.2) is 5.16 Å². The number of oxime groups is 1. The summed E-state index contributed by atoms with van der Waals surface area (Å²) in [5.74, 6) is 0.145. The summed E-state index contributed by atoms with van der Waals surface area (Å²) in [6.07, 6.45) is 5.11. The predicted octanol–water partition coefficient (Wildman–Crippen LogP) is 0.598. The van der Waals surface area contributed by atoms with Crippen molar-refractivity contribution in [1.29, 1.82) is 0 Å². The van der Waals surface area contributed by atoms with E-state index < -0.39 is 5.41 Å². The van der Waals surface area contributed by atoms with Crippen molar-refractivity contribution in [3.05, 3.63) is 0 Å². The number of carbonyl (C=O) groups excluding carboxylic acids is 1. The highest BCUT2D eigenvalue weighted by atomic mass is 16.4. The van der Waals surface area contributed by atoms with Crippen LogP contribution in [0, 0.1) is 5.41 Å². The van der Waals surface area contributed by atoms with E-state index in [1.54, 1.807) is 0 Å². The molecule has 0 spiro atoms. The van der Waals surface area contributed by atoms with Crippen LogP contribution in [0.4, 0.5) is 0 Å². The van der Waals surface area contributed by atoms with Gasteiger partial charge in [0.2, 0.25) is 5.91 Å². The number of nitrogens with two attached hydrogens (primary N) is 1. The average molecular weight is 280 g/mol. The Morgan fingerprint density at radius 3 is 2.75 bits per heavy atom. The zero-order valence-corrected chi connectivity index (χ0v) is 12.1. The first-order valence-corrected chi connectivity index (χ1v) is 7.61.